The van der Waals surface area contributed by atoms with Gasteiger partial charge >= 0.3 is 0 Å². The van der Waals surface area contributed by atoms with Gasteiger partial charge in [0.25, 0.3) is 5.91 Å². The molecule has 3 heterocycles. The maximum atomic E-state index is 13.2. The zero-order valence-electron chi connectivity index (χ0n) is 15.5. The summed E-state index contributed by atoms with van der Waals surface area (Å²) < 4.78 is 1.83. The number of imidazole rings is 1. The number of nitrogens with zero attached hydrogens (tertiary/aromatic N) is 6. The van der Waals surface area contributed by atoms with Crippen molar-refractivity contribution in [3.8, 4) is 24.0 Å². The third kappa shape index (κ3) is 3.16. The molecule has 3 rings (SSSR count). The number of carbonyl (C=O) groups excluding carboxylic acids is 1. The number of nitriles is 2. The van der Waals surface area contributed by atoms with E-state index in [9.17, 15) is 15.3 Å². The maximum absolute atomic E-state index is 13.2. The molecule has 140 valence electrons. The van der Waals surface area contributed by atoms with Crippen molar-refractivity contribution in [2.75, 3.05) is 43.4 Å². The van der Waals surface area contributed by atoms with Crippen molar-refractivity contribution < 1.29 is 4.79 Å². The van der Waals surface area contributed by atoms with E-state index >= 15 is 0 Å². The van der Waals surface area contributed by atoms with Crippen molar-refractivity contribution in [3.63, 3.8) is 0 Å². The number of aromatic nitrogens is 2. The summed E-state index contributed by atoms with van der Waals surface area (Å²) in [7, 11) is 1.61. The number of hydrogen-bond donors (Lipinski definition) is 2. The third-order valence-corrected chi connectivity index (χ3v) is 5.00. The molecule has 0 atom stereocenters. The van der Waals surface area contributed by atoms with Gasteiger partial charge < -0.3 is 20.4 Å². The highest BCUT2D eigenvalue weighted by Gasteiger charge is 2.46. The summed E-state index contributed by atoms with van der Waals surface area (Å²) >= 11 is 0. The lowest BCUT2D eigenvalue weighted by atomic mass is 9.98. The SMILES string of the molecule is CC#CCn1c(N2CCNCC2)nc2c1C(=O)N(C)C(CC#N)(CC#N)N2. The first-order valence-electron chi connectivity index (χ1n) is 8.84. The van der Waals surface area contributed by atoms with Crippen molar-refractivity contribution in [1.82, 2.24) is 19.8 Å². The second kappa shape index (κ2) is 7.57. The van der Waals surface area contributed by atoms with Gasteiger partial charge in [-0.05, 0) is 6.92 Å². The van der Waals surface area contributed by atoms with Crippen LogP contribution in [0.25, 0.3) is 0 Å². The molecule has 0 aromatic carbocycles. The average molecular weight is 366 g/mol. The first-order valence-corrected chi connectivity index (χ1v) is 8.84. The van der Waals surface area contributed by atoms with Crippen molar-refractivity contribution in [2.45, 2.75) is 32.0 Å². The number of nitrogens with one attached hydrogen (secondary N) is 2. The highest BCUT2D eigenvalue weighted by atomic mass is 16.2. The van der Waals surface area contributed by atoms with E-state index in [2.05, 4.69) is 44.5 Å². The van der Waals surface area contributed by atoms with E-state index in [0.29, 0.717) is 24.0 Å². The number of anilines is 2. The molecule has 0 radical (unpaired) electrons. The molecule has 2 aliphatic heterocycles. The Morgan fingerprint density at radius 2 is 1.89 bits per heavy atom. The number of amides is 1. The van der Waals surface area contributed by atoms with Crippen LogP contribution in [0, 0.1) is 34.5 Å². The minimum absolute atomic E-state index is 0.00711. The molecule has 9 nitrogen and oxygen atoms in total. The normalized spacial score (nSPS) is 17.9. The Kier molecular flexibility index (Phi) is 5.21. The number of fused-ring (bicyclic) bond motifs is 1. The summed E-state index contributed by atoms with van der Waals surface area (Å²) in [5.74, 6) is 6.71. The molecule has 27 heavy (non-hydrogen) atoms. The van der Waals surface area contributed by atoms with Gasteiger partial charge in [-0.25, -0.2) is 0 Å². The van der Waals surface area contributed by atoms with Gasteiger partial charge in [0.05, 0.1) is 31.5 Å². The van der Waals surface area contributed by atoms with Crippen LogP contribution in [0.5, 0.6) is 0 Å². The van der Waals surface area contributed by atoms with Crippen molar-refractivity contribution in [2.24, 2.45) is 0 Å². The van der Waals surface area contributed by atoms with Crippen molar-refractivity contribution >= 4 is 17.7 Å². The van der Waals surface area contributed by atoms with Gasteiger partial charge in [-0.3, -0.25) is 9.36 Å². The molecular formula is C18H22N8O. The molecule has 0 bridgehead atoms. The molecule has 2 aliphatic rings. The van der Waals surface area contributed by atoms with Crippen LogP contribution >= 0.6 is 0 Å². The molecule has 0 saturated carbocycles. The first kappa shape index (κ1) is 18.6. The van der Waals surface area contributed by atoms with E-state index in [-0.39, 0.29) is 18.7 Å². The summed E-state index contributed by atoms with van der Waals surface area (Å²) in [5.41, 5.74) is -0.663. The lowest BCUT2D eigenvalue weighted by Crippen LogP contribution is -2.58. The summed E-state index contributed by atoms with van der Waals surface area (Å²) in [6, 6.07) is 4.16. The lowest BCUT2D eigenvalue weighted by molar-refractivity contribution is 0.0591. The molecule has 1 amide bonds. The predicted molar refractivity (Wildman–Crippen MR) is 99.7 cm³/mol. The summed E-state index contributed by atoms with van der Waals surface area (Å²) in [5, 5.41) is 25.0. The number of piperazine rings is 1. The van der Waals surface area contributed by atoms with Crippen LogP contribution in [-0.2, 0) is 6.54 Å². The fourth-order valence-corrected chi connectivity index (χ4v) is 3.47. The maximum Gasteiger partial charge on any atom is 0.276 e. The first-order chi connectivity index (χ1) is 13.1. The van der Waals surface area contributed by atoms with Gasteiger partial charge in [-0.2, -0.15) is 15.5 Å². The monoisotopic (exact) mass is 366 g/mol. The van der Waals surface area contributed by atoms with Crippen LogP contribution in [0.3, 0.4) is 0 Å². The Balaban J connectivity index is 2.11. The molecule has 1 fully saturated rings. The van der Waals surface area contributed by atoms with Gasteiger partial charge in [-0.1, -0.05) is 5.92 Å². The van der Waals surface area contributed by atoms with E-state index in [1.807, 2.05) is 4.57 Å². The Hall–Kier alpha value is -3.22. The smallest absolute Gasteiger partial charge is 0.276 e. The summed E-state index contributed by atoms with van der Waals surface area (Å²) in [6.07, 6.45) is -0.0142. The van der Waals surface area contributed by atoms with Crippen LogP contribution in [-0.4, -0.2) is 59.2 Å². The molecule has 1 aromatic rings. The number of carbonyl (C=O) groups is 1. The third-order valence-electron chi connectivity index (χ3n) is 5.00. The summed E-state index contributed by atoms with van der Waals surface area (Å²) in [6.45, 7) is 5.34. The van der Waals surface area contributed by atoms with Gasteiger partial charge in [-0.15, -0.1) is 5.92 Å². The number of rotatable bonds is 4. The second-order valence-electron chi connectivity index (χ2n) is 6.55. The quantitative estimate of drug-likeness (QED) is 0.739. The fourth-order valence-electron chi connectivity index (χ4n) is 3.47. The van der Waals surface area contributed by atoms with Gasteiger partial charge in [0.2, 0.25) is 5.95 Å². The topological polar surface area (TPSA) is 113 Å². The van der Waals surface area contributed by atoms with E-state index in [0.717, 1.165) is 26.2 Å². The van der Waals surface area contributed by atoms with Crippen LogP contribution in [0.4, 0.5) is 11.8 Å². The van der Waals surface area contributed by atoms with E-state index < -0.39 is 5.66 Å². The average Bonchev–Trinajstić information content (AvgIpc) is 3.03. The molecular weight excluding hydrogens is 344 g/mol. The Labute approximate surface area is 158 Å². The Morgan fingerprint density at radius 3 is 2.48 bits per heavy atom. The van der Waals surface area contributed by atoms with Gasteiger partial charge in [0, 0.05) is 33.2 Å². The van der Waals surface area contributed by atoms with Crippen LogP contribution in [0.2, 0.25) is 0 Å². The van der Waals surface area contributed by atoms with E-state index in [4.69, 9.17) is 0 Å². The van der Waals surface area contributed by atoms with Gasteiger partial charge in [0.1, 0.15) is 5.66 Å². The van der Waals surface area contributed by atoms with Crippen molar-refractivity contribution in [3.05, 3.63) is 5.69 Å². The number of hydrogen-bond acceptors (Lipinski definition) is 7. The minimum Gasteiger partial charge on any atom is -0.344 e. The predicted octanol–water partition coefficient (Wildman–Crippen LogP) is 0.337. The molecule has 0 unspecified atom stereocenters. The van der Waals surface area contributed by atoms with Crippen molar-refractivity contribution in [1.29, 1.82) is 10.5 Å². The molecule has 1 saturated heterocycles. The zero-order chi connectivity index (χ0) is 19.4. The zero-order valence-corrected chi connectivity index (χ0v) is 15.5. The minimum atomic E-state index is -1.08. The highest BCUT2D eigenvalue weighted by Crippen LogP contribution is 2.36. The largest absolute Gasteiger partial charge is 0.344 e. The fraction of sp³-hybridized carbons (Fsp3) is 0.556. The second-order valence-corrected chi connectivity index (χ2v) is 6.55. The summed E-state index contributed by atoms with van der Waals surface area (Å²) in [4.78, 5) is 21.4. The Bertz CT molecular complexity index is 856. The van der Waals surface area contributed by atoms with Gasteiger partial charge in [0.15, 0.2) is 11.5 Å². The standard InChI is InChI=1S/C18H22N8O/c1-3-4-11-26-14-15(22-17(26)25-12-9-21-10-13-25)23-18(5-7-19,6-8-20)24(2)16(14)27/h21,23H,5-6,9-13H2,1-2H3. The molecule has 2 N–H and O–H groups in total. The Morgan fingerprint density at radius 1 is 1.22 bits per heavy atom. The highest BCUT2D eigenvalue weighted by molar-refractivity contribution is 6.00. The molecule has 0 spiro atoms. The van der Waals surface area contributed by atoms with Crippen LogP contribution in [0.15, 0.2) is 0 Å². The van der Waals surface area contributed by atoms with Crippen LogP contribution in [0.1, 0.15) is 30.3 Å². The van der Waals surface area contributed by atoms with E-state index in [1.165, 1.54) is 4.90 Å². The molecule has 9 heteroatoms. The molecule has 0 aliphatic carbocycles. The van der Waals surface area contributed by atoms with Crippen LogP contribution < -0.4 is 15.5 Å². The lowest BCUT2D eigenvalue weighted by Gasteiger charge is -2.42. The molecule has 1 aromatic heterocycles. The van der Waals surface area contributed by atoms with E-state index in [1.54, 1.807) is 14.0 Å².